The van der Waals surface area contributed by atoms with E-state index in [2.05, 4.69) is 5.32 Å². The molecule has 2 atom stereocenters. The molecule has 0 saturated heterocycles. The molecule has 0 radical (unpaired) electrons. The van der Waals surface area contributed by atoms with Crippen LogP contribution in [0.2, 0.25) is 0 Å². The van der Waals surface area contributed by atoms with E-state index in [1.165, 1.54) is 4.90 Å². The molecular formula is C14H18N2O3. The monoisotopic (exact) mass is 262 g/mol. The topological polar surface area (TPSA) is 69.6 Å². The van der Waals surface area contributed by atoms with Crippen molar-refractivity contribution in [1.29, 1.82) is 0 Å². The number of benzene rings is 1. The Hall–Kier alpha value is -1.88. The molecule has 19 heavy (non-hydrogen) atoms. The Morgan fingerprint density at radius 1 is 1.37 bits per heavy atom. The number of likely N-dealkylation sites (N-methyl/N-ethyl adjacent to an activating group) is 1. The summed E-state index contributed by atoms with van der Waals surface area (Å²) in [4.78, 5) is 25.1. The summed E-state index contributed by atoms with van der Waals surface area (Å²) in [6.07, 6.45) is 0.369. The zero-order chi connectivity index (χ0) is 14.0. The second-order valence-corrected chi connectivity index (χ2v) is 4.80. The van der Waals surface area contributed by atoms with Gasteiger partial charge in [0.15, 0.2) is 0 Å². The van der Waals surface area contributed by atoms with E-state index in [0.29, 0.717) is 13.0 Å². The van der Waals surface area contributed by atoms with Gasteiger partial charge in [-0.1, -0.05) is 24.3 Å². The van der Waals surface area contributed by atoms with Gasteiger partial charge in [0, 0.05) is 13.0 Å². The van der Waals surface area contributed by atoms with Crippen molar-refractivity contribution < 1.29 is 14.7 Å². The number of hydrogen-bond acceptors (Lipinski definition) is 3. The third-order valence-corrected chi connectivity index (χ3v) is 3.62. The molecule has 1 aliphatic heterocycles. The summed E-state index contributed by atoms with van der Waals surface area (Å²) in [5.74, 6) is -1.13. The number of rotatable bonds is 3. The van der Waals surface area contributed by atoms with E-state index in [4.69, 9.17) is 0 Å². The van der Waals surface area contributed by atoms with Gasteiger partial charge in [0.1, 0.15) is 6.04 Å². The lowest BCUT2D eigenvalue weighted by Gasteiger charge is -2.35. The SMILES string of the molecule is CNC(C)C(=O)N1Cc2ccccc2CC1C(=O)O. The number of nitrogens with zero attached hydrogens (tertiary/aromatic N) is 1. The van der Waals surface area contributed by atoms with Gasteiger partial charge in [0.25, 0.3) is 0 Å². The van der Waals surface area contributed by atoms with Gasteiger partial charge in [0.2, 0.25) is 5.91 Å². The summed E-state index contributed by atoms with van der Waals surface area (Å²) in [6.45, 7) is 2.10. The van der Waals surface area contributed by atoms with Gasteiger partial charge in [-0.3, -0.25) is 4.79 Å². The number of aliphatic carboxylic acids is 1. The number of carbonyl (C=O) groups excluding carboxylic acids is 1. The van der Waals surface area contributed by atoms with Crippen molar-refractivity contribution in [3.8, 4) is 0 Å². The predicted octanol–water partition coefficient (Wildman–Crippen LogP) is 0.632. The highest BCUT2D eigenvalue weighted by molar-refractivity contribution is 5.87. The van der Waals surface area contributed by atoms with Gasteiger partial charge in [0.05, 0.1) is 6.04 Å². The number of carbonyl (C=O) groups is 2. The van der Waals surface area contributed by atoms with Gasteiger partial charge >= 0.3 is 5.97 Å². The molecule has 0 saturated carbocycles. The fourth-order valence-corrected chi connectivity index (χ4v) is 2.35. The van der Waals surface area contributed by atoms with E-state index in [-0.39, 0.29) is 11.9 Å². The van der Waals surface area contributed by atoms with E-state index < -0.39 is 12.0 Å². The third kappa shape index (κ3) is 2.61. The largest absolute Gasteiger partial charge is 0.480 e. The van der Waals surface area contributed by atoms with Gasteiger partial charge in [-0.25, -0.2) is 4.79 Å². The molecule has 1 aromatic rings. The Bertz CT molecular complexity index is 501. The minimum atomic E-state index is -0.953. The Morgan fingerprint density at radius 3 is 2.58 bits per heavy atom. The number of nitrogens with one attached hydrogen (secondary N) is 1. The van der Waals surface area contributed by atoms with Crippen LogP contribution in [0.3, 0.4) is 0 Å². The molecule has 102 valence electrons. The van der Waals surface area contributed by atoms with Gasteiger partial charge in [-0.15, -0.1) is 0 Å². The van der Waals surface area contributed by atoms with Crippen LogP contribution in [0.5, 0.6) is 0 Å². The Balaban J connectivity index is 2.31. The fourth-order valence-electron chi connectivity index (χ4n) is 2.35. The van der Waals surface area contributed by atoms with Crippen molar-refractivity contribution in [3.05, 3.63) is 35.4 Å². The molecule has 0 aliphatic carbocycles. The highest BCUT2D eigenvalue weighted by atomic mass is 16.4. The van der Waals surface area contributed by atoms with Crippen LogP contribution in [-0.2, 0) is 22.6 Å². The van der Waals surface area contributed by atoms with E-state index in [1.54, 1.807) is 14.0 Å². The predicted molar refractivity (Wildman–Crippen MR) is 70.6 cm³/mol. The first-order valence-electron chi connectivity index (χ1n) is 6.32. The van der Waals surface area contributed by atoms with Crippen LogP contribution in [-0.4, -0.2) is 41.0 Å². The molecule has 2 rings (SSSR count). The van der Waals surface area contributed by atoms with Crippen molar-refractivity contribution in [2.24, 2.45) is 0 Å². The second-order valence-electron chi connectivity index (χ2n) is 4.80. The standard InChI is InChI=1S/C14H18N2O3/c1-9(15-2)13(17)16-8-11-6-4-3-5-10(11)7-12(16)14(18)19/h3-6,9,12,15H,7-8H2,1-2H3,(H,18,19). The Labute approximate surface area is 112 Å². The maximum absolute atomic E-state index is 12.3. The normalized spacial score (nSPS) is 19.7. The van der Waals surface area contributed by atoms with Crippen LogP contribution < -0.4 is 5.32 Å². The van der Waals surface area contributed by atoms with Crippen molar-refractivity contribution in [2.45, 2.75) is 32.0 Å². The van der Waals surface area contributed by atoms with E-state index in [9.17, 15) is 14.7 Å². The smallest absolute Gasteiger partial charge is 0.326 e. The Morgan fingerprint density at radius 2 is 2.00 bits per heavy atom. The van der Waals surface area contributed by atoms with Gasteiger partial charge < -0.3 is 15.3 Å². The minimum absolute atomic E-state index is 0.176. The van der Waals surface area contributed by atoms with Crippen LogP contribution in [0, 0.1) is 0 Å². The number of amides is 1. The molecule has 1 aromatic carbocycles. The summed E-state index contributed by atoms with van der Waals surface area (Å²) in [5.41, 5.74) is 2.03. The maximum Gasteiger partial charge on any atom is 0.326 e. The van der Waals surface area contributed by atoms with Crippen LogP contribution in [0.1, 0.15) is 18.1 Å². The van der Waals surface area contributed by atoms with Crippen LogP contribution in [0.15, 0.2) is 24.3 Å². The minimum Gasteiger partial charge on any atom is -0.480 e. The van der Waals surface area contributed by atoms with Crippen molar-refractivity contribution >= 4 is 11.9 Å². The highest BCUT2D eigenvalue weighted by Crippen LogP contribution is 2.24. The first-order chi connectivity index (χ1) is 9.04. The molecule has 0 aromatic heterocycles. The van der Waals surface area contributed by atoms with Gasteiger partial charge in [-0.2, -0.15) is 0 Å². The summed E-state index contributed by atoms with van der Waals surface area (Å²) in [5, 5.41) is 12.2. The number of carboxylic acid groups (broad SMARTS) is 1. The second kappa shape index (κ2) is 5.40. The summed E-state index contributed by atoms with van der Waals surface area (Å²) in [6, 6.07) is 6.51. The fraction of sp³-hybridized carbons (Fsp3) is 0.429. The lowest BCUT2D eigenvalue weighted by atomic mass is 9.93. The lowest BCUT2D eigenvalue weighted by molar-refractivity contribution is -0.152. The molecule has 0 bridgehead atoms. The molecule has 0 spiro atoms. The van der Waals surface area contributed by atoms with Crippen molar-refractivity contribution in [2.75, 3.05) is 7.05 Å². The quantitative estimate of drug-likeness (QED) is 0.838. The van der Waals surface area contributed by atoms with E-state index in [0.717, 1.165) is 11.1 Å². The first kappa shape index (κ1) is 13.5. The maximum atomic E-state index is 12.3. The van der Waals surface area contributed by atoms with E-state index in [1.807, 2.05) is 24.3 Å². The summed E-state index contributed by atoms with van der Waals surface area (Å²) < 4.78 is 0. The summed E-state index contributed by atoms with van der Waals surface area (Å²) >= 11 is 0. The molecule has 2 N–H and O–H groups in total. The zero-order valence-electron chi connectivity index (χ0n) is 11.1. The van der Waals surface area contributed by atoms with E-state index >= 15 is 0 Å². The molecule has 1 heterocycles. The van der Waals surface area contributed by atoms with Crippen molar-refractivity contribution in [3.63, 3.8) is 0 Å². The first-order valence-corrected chi connectivity index (χ1v) is 6.32. The average Bonchev–Trinajstić information content (AvgIpc) is 2.44. The van der Waals surface area contributed by atoms with Gasteiger partial charge in [-0.05, 0) is 25.1 Å². The van der Waals surface area contributed by atoms with Crippen molar-refractivity contribution in [1.82, 2.24) is 10.2 Å². The molecular weight excluding hydrogens is 244 g/mol. The molecule has 1 aliphatic rings. The molecule has 5 nitrogen and oxygen atoms in total. The van der Waals surface area contributed by atoms with Crippen LogP contribution >= 0.6 is 0 Å². The lowest BCUT2D eigenvalue weighted by Crippen LogP contribution is -2.53. The molecule has 2 unspecified atom stereocenters. The average molecular weight is 262 g/mol. The van der Waals surface area contributed by atoms with Crippen LogP contribution in [0.4, 0.5) is 0 Å². The molecule has 5 heteroatoms. The zero-order valence-corrected chi connectivity index (χ0v) is 11.1. The molecule has 0 fully saturated rings. The third-order valence-electron chi connectivity index (χ3n) is 3.62. The van der Waals surface area contributed by atoms with Crippen LogP contribution in [0.25, 0.3) is 0 Å². The highest BCUT2D eigenvalue weighted by Gasteiger charge is 2.35. The number of carboxylic acids is 1. The number of hydrogen-bond donors (Lipinski definition) is 2. The summed E-state index contributed by atoms with van der Waals surface area (Å²) in [7, 11) is 1.69. The number of fused-ring (bicyclic) bond motifs is 1. The molecule has 1 amide bonds. The Kier molecular flexibility index (Phi) is 3.85.